The Bertz CT molecular complexity index is 350. The minimum Gasteiger partial charge on any atom is -0.387 e. The van der Waals surface area contributed by atoms with Crippen molar-refractivity contribution in [2.45, 2.75) is 6.10 Å². The van der Waals surface area contributed by atoms with E-state index in [1.54, 1.807) is 17.3 Å². The van der Waals surface area contributed by atoms with Crippen molar-refractivity contribution in [3.05, 3.63) is 30.1 Å². The Balaban J connectivity index is 1.84. The number of hydrogen-bond acceptors (Lipinski definition) is 4. The average molecular weight is 235 g/mol. The van der Waals surface area contributed by atoms with Crippen LogP contribution in [0.3, 0.4) is 0 Å². The number of rotatable bonds is 4. The highest BCUT2D eigenvalue weighted by molar-refractivity contribution is 5.47. The third kappa shape index (κ3) is 3.25. The molecule has 0 spiro atoms. The number of carbonyl (C=O) groups excluding carboxylic acids is 1. The first-order chi connectivity index (χ1) is 8.29. The van der Waals surface area contributed by atoms with Crippen LogP contribution in [0.4, 0.5) is 0 Å². The van der Waals surface area contributed by atoms with Crippen LogP contribution in [0.15, 0.2) is 24.5 Å². The molecule has 5 heteroatoms. The van der Waals surface area contributed by atoms with Gasteiger partial charge in [0.15, 0.2) is 0 Å². The third-order valence-corrected chi connectivity index (χ3v) is 3.06. The average Bonchev–Trinajstić information content (AvgIpc) is 2.40. The number of aromatic nitrogens is 1. The predicted molar refractivity (Wildman–Crippen MR) is 63.3 cm³/mol. The predicted octanol–water partition coefficient (Wildman–Crippen LogP) is -0.111. The molecule has 2 heterocycles. The summed E-state index contributed by atoms with van der Waals surface area (Å²) in [5.74, 6) is 0. The van der Waals surface area contributed by atoms with Gasteiger partial charge >= 0.3 is 0 Å². The number of piperazine rings is 1. The topological polar surface area (TPSA) is 56.7 Å². The zero-order valence-electron chi connectivity index (χ0n) is 9.70. The Morgan fingerprint density at radius 2 is 2.18 bits per heavy atom. The first kappa shape index (κ1) is 12.0. The van der Waals surface area contributed by atoms with Gasteiger partial charge in [-0.3, -0.25) is 14.7 Å². The largest absolute Gasteiger partial charge is 0.387 e. The van der Waals surface area contributed by atoms with Gasteiger partial charge in [-0.15, -0.1) is 0 Å². The van der Waals surface area contributed by atoms with Crippen LogP contribution in [0.5, 0.6) is 0 Å². The van der Waals surface area contributed by atoms with E-state index >= 15 is 0 Å². The van der Waals surface area contributed by atoms with Crippen LogP contribution in [-0.4, -0.2) is 59.0 Å². The van der Waals surface area contributed by atoms with Crippen molar-refractivity contribution in [2.75, 3.05) is 32.7 Å². The van der Waals surface area contributed by atoms with Gasteiger partial charge in [0.2, 0.25) is 6.41 Å². The molecular weight excluding hydrogens is 218 g/mol. The lowest BCUT2D eigenvalue weighted by Gasteiger charge is -2.33. The maximum atomic E-state index is 10.6. The Morgan fingerprint density at radius 1 is 1.41 bits per heavy atom. The number of hydrogen-bond donors (Lipinski definition) is 1. The van der Waals surface area contributed by atoms with E-state index in [-0.39, 0.29) is 0 Å². The van der Waals surface area contributed by atoms with Crippen LogP contribution in [-0.2, 0) is 4.79 Å². The van der Waals surface area contributed by atoms with Crippen molar-refractivity contribution in [1.82, 2.24) is 14.8 Å². The van der Waals surface area contributed by atoms with E-state index in [9.17, 15) is 9.90 Å². The standard InChI is InChI=1S/C12H17N3O2/c16-10-15-6-4-14(5-7-15)9-12(17)11-2-1-3-13-8-11/h1-3,8,10,12,17H,4-7,9H2. The van der Waals surface area contributed by atoms with Crippen LogP contribution < -0.4 is 0 Å². The van der Waals surface area contributed by atoms with Crippen molar-refractivity contribution in [1.29, 1.82) is 0 Å². The summed E-state index contributed by atoms with van der Waals surface area (Å²) < 4.78 is 0. The fourth-order valence-electron chi connectivity index (χ4n) is 1.97. The van der Waals surface area contributed by atoms with E-state index in [0.29, 0.717) is 6.54 Å². The molecule has 1 atom stereocenters. The summed E-state index contributed by atoms with van der Waals surface area (Å²) in [6, 6.07) is 3.70. The summed E-state index contributed by atoms with van der Waals surface area (Å²) in [6.07, 6.45) is 3.76. The summed E-state index contributed by atoms with van der Waals surface area (Å²) in [5.41, 5.74) is 0.838. The highest BCUT2D eigenvalue weighted by Gasteiger charge is 2.18. The highest BCUT2D eigenvalue weighted by atomic mass is 16.3. The summed E-state index contributed by atoms with van der Waals surface area (Å²) in [6.45, 7) is 3.71. The minimum absolute atomic E-state index is 0.508. The normalized spacial score (nSPS) is 19.0. The molecule has 17 heavy (non-hydrogen) atoms. The molecule has 1 amide bonds. The molecule has 1 aromatic rings. The van der Waals surface area contributed by atoms with Gasteiger partial charge in [-0.1, -0.05) is 6.07 Å². The van der Waals surface area contributed by atoms with Crippen molar-refractivity contribution in [2.24, 2.45) is 0 Å². The lowest BCUT2D eigenvalue weighted by molar-refractivity contribution is -0.119. The Labute approximate surface area is 101 Å². The molecule has 1 saturated heterocycles. The molecular formula is C12H17N3O2. The Morgan fingerprint density at radius 3 is 2.76 bits per heavy atom. The SMILES string of the molecule is O=CN1CCN(CC(O)c2cccnc2)CC1. The van der Waals surface area contributed by atoms with Gasteiger partial charge in [-0.2, -0.15) is 0 Å². The number of aliphatic hydroxyl groups excluding tert-OH is 1. The van der Waals surface area contributed by atoms with Crippen molar-refractivity contribution < 1.29 is 9.90 Å². The number of β-amino-alcohol motifs (C(OH)–C–C–N with tert-alkyl or cyclic N) is 1. The molecule has 0 bridgehead atoms. The molecule has 1 N–H and O–H groups in total. The quantitative estimate of drug-likeness (QED) is 0.740. The molecule has 1 fully saturated rings. The van der Waals surface area contributed by atoms with Crippen molar-refractivity contribution in [3.8, 4) is 0 Å². The van der Waals surface area contributed by atoms with E-state index in [4.69, 9.17) is 0 Å². The highest BCUT2D eigenvalue weighted by Crippen LogP contribution is 2.13. The van der Waals surface area contributed by atoms with Gasteiger partial charge in [-0.25, -0.2) is 0 Å². The zero-order valence-corrected chi connectivity index (χ0v) is 9.70. The zero-order chi connectivity index (χ0) is 12.1. The second kappa shape index (κ2) is 5.75. The maximum absolute atomic E-state index is 10.6. The van der Waals surface area contributed by atoms with Crippen LogP contribution in [0, 0.1) is 0 Å². The first-order valence-electron chi connectivity index (χ1n) is 5.79. The van der Waals surface area contributed by atoms with Gasteiger partial charge in [0.1, 0.15) is 0 Å². The van der Waals surface area contributed by atoms with Crippen LogP contribution in [0.25, 0.3) is 0 Å². The van der Waals surface area contributed by atoms with Gasteiger partial charge in [0.25, 0.3) is 0 Å². The van der Waals surface area contributed by atoms with Gasteiger partial charge in [0, 0.05) is 50.7 Å². The molecule has 0 saturated carbocycles. The summed E-state index contributed by atoms with van der Waals surface area (Å²) >= 11 is 0. The number of carbonyl (C=O) groups is 1. The number of amides is 1. The second-order valence-corrected chi connectivity index (χ2v) is 4.24. The number of pyridine rings is 1. The van der Waals surface area contributed by atoms with E-state index in [1.165, 1.54) is 0 Å². The smallest absolute Gasteiger partial charge is 0.209 e. The molecule has 0 aliphatic carbocycles. The summed E-state index contributed by atoms with van der Waals surface area (Å²) in [4.78, 5) is 18.5. The van der Waals surface area contributed by atoms with Gasteiger partial charge in [-0.05, 0) is 6.07 Å². The number of aliphatic hydroxyl groups is 1. The first-order valence-corrected chi connectivity index (χ1v) is 5.79. The molecule has 92 valence electrons. The van der Waals surface area contributed by atoms with Crippen LogP contribution in [0.2, 0.25) is 0 Å². The lowest BCUT2D eigenvalue weighted by atomic mass is 10.1. The van der Waals surface area contributed by atoms with Crippen LogP contribution >= 0.6 is 0 Å². The van der Waals surface area contributed by atoms with E-state index in [2.05, 4.69) is 9.88 Å². The van der Waals surface area contributed by atoms with Crippen LogP contribution in [0.1, 0.15) is 11.7 Å². The summed E-state index contributed by atoms with van der Waals surface area (Å²) in [5, 5.41) is 10.0. The molecule has 0 aromatic carbocycles. The van der Waals surface area contributed by atoms with E-state index < -0.39 is 6.10 Å². The molecule has 1 aliphatic rings. The monoisotopic (exact) mass is 235 g/mol. The van der Waals surface area contributed by atoms with Crippen molar-refractivity contribution in [3.63, 3.8) is 0 Å². The molecule has 1 aliphatic heterocycles. The number of nitrogens with zero attached hydrogens (tertiary/aromatic N) is 3. The third-order valence-electron chi connectivity index (χ3n) is 3.06. The molecule has 1 aromatic heterocycles. The molecule has 1 unspecified atom stereocenters. The Hall–Kier alpha value is -1.46. The maximum Gasteiger partial charge on any atom is 0.209 e. The lowest BCUT2D eigenvalue weighted by Crippen LogP contribution is -2.46. The molecule has 0 radical (unpaired) electrons. The fourth-order valence-corrected chi connectivity index (χ4v) is 1.97. The molecule has 5 nitrogen and oxygen atoms in total. The molecule has 2 rings (SSSR count). The fraction of sp³-hybridized carbons (Fsp3) is 0.500. The van der Waals surface area contributed by atoms with Gasteiger partial charge in [0.05, 0.1) is 6.10 Å². The van der Waals surface area contributed by atoms with E-state index in [0.717, 1.165) is 38.2 Å². The summed E-state index contributed by atoms with van der Waals surface area (Å²) in [7, 11) is 0. The second-order valence-electron chi connectivity index (χ2n) is 4.24. The Kier molecular flexibility index (Phi) is 4.06. The van der Waals surface area contributed by atoms with Gasteiger partial charge < -0.3 is 10.0 Å². The van der Waals surface area contributed by atoms with Crippen molar-refractivity contribution >= 4 is 6.41 Å². The minimum atomic E-state index is -0.508. The van der Waals surface area contributed by atoms with E-state index in [1.807, 2.05) is 12.1 Å².